The number of halogens is 1. The van der Waals surface area contributed by atoms with Crippen LogP contribution in [0.25, 0.3) is 10.8 Å². The maximum Gasteiger partial charge on any atom is 0.0569 e. The minimum atomic E-state index is 0.353. The Kier molecular flexibility index (Phi) is 3.00. The van der Waals surface area contributed by atoms with Gasteiger partial charge in [0, 0.05) is 11.1 Å². The van der Waals surface area contributed by atoms with Crippen LogP contribution in [0.1, 0.15) is 30.9 Å². The molecule has 2 aromatic rings. The van der Waals surface area contributed by atoms with Crippen LogP contribution >= 0.6 is 11.6 Å². The van der Waals surface area contributed by atoms with E-state index >= 15 is 0 Å². The van der Waals surface area contributed by atoms with E-state index in [1.54, 1.807) is 0 Å². The van der Waals surface area contributed by atoms with Crippen molar-refractivity contribution >= 4 is 28.1 Å². The first-order chi connectivity index (χ1) is 8.04. The molecule has 2 N–H and O–H groups in total. The molecule has 2 heteroatoms. The van der Waals surface area contributed by atoms with E-state index in [0.717, 1.165) is 27.6 Å². The van der Waals surface area contributed by atoms with E-state index in [9.17, 15) is 0 Å². The van der Waals surface area contributed by atoms with Crippen molar-refractivity contribution in [1.29, 1.82) is 0 Å². The molecular weight excluding hydrogens is 230 g/mol. The van der Waals surface area contributed by atoms with Gasteiger partial charge in [0.05, 0.1) is 10.6 Å². The Morgan fingerprint density at radius 1 is 1.29 bits per heavy atom. The molecule has 0 heterocycles. The molecule has 2 rings (SSSR count). The molecule has 0 amide bonds. The molecule has 0 spiro atoms. The number of rotatable bonds is 1. The van der Waals surface area contributed by atoms with Crippen LogP contribution < -0.4 is 5.73 Å². The van der Waals surface area contributed by atoms with Crippen molar-refractivity contribution in [2.75, 3.05) is 5.73 Å². The van der Waals surface area contributed by atoms with E-state index in [-0.39, 0.29) is 0 Å². The fraction of sp³-hybridized carbons (Fsp3) is 0.200. The minimum absolute atomic E-state index is 0.353. The number of terminal acetylenes is 1. The highest BCUT2D eigenvalue weighted by molar-refractivity contribution is 6.33. The summed E-state index contributed by atoms with van der Waals surface area (Å²) in [5, 5.41) is 2.71. The quantitative estimate of drug-likeness (QED) is 0.590. The van der Waals surface area contributed by atoms with Crippen molar-refractivity contribution in [3.8, 4) is 12.3 Å². The van der Waals surface area contributed by atoms with Gasteiger partial charge in [0.1, 0.15) is 0 Å². The molecule has 0 radical (unpaired) electrons. The van der Waals surface area contributed by atoms with Gasteiger partial charge < -0.3 is 5.73 Å². The Morgan fingerprint density at radius 3 is 2.59 bits per heavy atom. The summed E-state index contributed by atoms with van der Waals surface area (Å²) < 4.78 is 0. The summed E-state index contributed by atoms with van der Waals surface area (Å²) in [6.45, 7) is 4.24. The molecule has 2 aromatic carbocycles. The van der Waals surface area contributed by atoms with Crippen molar-refractivity contribution in [2.24, 2.45) is 0 Å². The second-order valence-corrected chi connectivity index (χ2v) is 4.84. The molecule has 0 aliphatic rings. The maximum atomic E-state index is 6.15. The molecule has 17 heavy (non-hydrogen) atoms. The lowest BCUT2D eigenvalue weighted by molar-refractivity contribution is 0.876. The highest BCUT2D eigenvalue weighted by atomic mass is 35.5. The van der Waals surface area contributed by atoms with Gasteiger partial charge in [-0.05, 0) is 35.1 Å². The molecule has 0 saturated heterocycles. The van der Waals surface area contributed by atoms with Gasteiger partial charge in [-0.15, -0.1) is 6.42 Å². The van der Waals surface area contributed by atoms with Crippen molar-refractivity contribution < 1.29 is 0 Å². The van der Waals surface area contributed by atoms with Gasteiger partial charge >= 0.3 is 0 Å². The third-order valence-electron chi connectivity index (χ3n) is 2.89. The van der Waals surface area contributed by atoms with Gasteiger partial charge in [-0.25, -0.2) is 0 Å². The van der Waals surface area contributed by atoms with Gasteiger partial charge in [-0.3, -0.25) is 0 Å². The lowest BCUT2D eigenvalue weighted by Gasteiger charge is -2.14. The molecular formula is C15H14ClN. The topological polar surface area (TPSA) is 26.0 Å². The lowest BCUT2D eigenvalue weighted by atomic mass is 9.92. The number of benzene rings is 2. The van der Waals surface area contributed by atoms with Gasteiger partial charge in [-0.2, -0.15) is 0 Å². The highest BCUT2D eigenvalue weighted by Gasteiger charge is 2.12. The van der Waals surface area contributed by atoms with E-state index in [1.807, 2.05) is 24.3 Å². The van der Waals surface area contributed by atoms with Crippen LogP contribution in [0.2, 0.25) is 5.02 Å². The highest BCUT2D eigenvalue weighted by Crippen LogP contribution is 2.33. The first-order valence-corrected chi connectivity index (χ1v) is 5.90. The molecule has 0 aromatic heterocycles. The third-order valence-corrected chi connectivity index (χ3v) is 3.20. The summed E-state index contributed by atoms with van der Waals surface area (Å²) in [7, 11) is 0. The van der Waals surface area contributed by atoms with Crippen molar-refractivity contribution in [1.82, 2.24) is 0 Å². The molecule has 0 aliphatic heterocycles. The Hall–Kier alpha value is -1.65. The van der Waals surface area contributed by atoms with Crippen LogP contribution in [0.5, 0.6) is 0 Å². The van der Waals surface area contributed by atoms with Gasteiger partial charge in [0.25, 0.3) is 0 Å². The van der Waals surface area contributed by atoms with Crippen LogP contribution in [0, 0.1) is 12.3 Å². The smallest absolute Gasteiger partial charge is 0.0569 e. The third kappa shape index (κ3) is 1.97. The Morgan fingerprint density at radius 2 is 2.00 bits per heavy atom. The number of fused-ring (bicyclic) bond motifs is 1. The van der Waals surface area contributed by atoms with Crippen LogP contribution in [0.3, 0.4) is 0 Å². The van der Waals surface area contributed by atoms with E-state index in [1.165, 1.54) is 0 Å². The van der Waals surface area contributed by atoms with Crippen LogP contribution in [0.4, 0.5) is 5.69 Å². The molecule has 0 aliphatic carbocycles. The monoisotopic (exact) mass is 243 g/mol. The van der Waals surface area contributed by atoms with E-state index in [4.69, 9.17) is 23.8 Å². The van der Waals surface area contributed by atoms with Gasteiger partial charge in [0.15, 0.2) is 0 Å². The van der Waals surface area contributed by atoms with Crippen molar-refractivity contribution in [3.63, 3.8) is 0 Å². The standard InChI is InChI=1S/C15H14ClN/c1-4-12-14(16)6-5-10-7-11(17)8-13(9(2)3)15(10)12/h1,5-9H,17H2,2-3H3. The lowest BCUT2D eigenvalue weighted by Crippen LogP contribution is -1.96. The summed E-state index contributed by atoms with van der Waals surface area (Å²) in [4.78, 5) is 0. The number of anilines is 1. The molecule has 0 atom stereocenters. The first-order valence-electron chi connectivity index (χ1n) is 5.53. The van der Waals surface area contributed by atoms with Crippen molar-refractivity contribution in [3.05, 3.63) is 40.4 Å². The van der Waals surface area contributed by atoms with Crippen LogP contribution in [-0.2, 0) is 0 Å². The summed E-state index contributed by atoms with van der Waals surface area (Å²) in [6, 6.07) is 7.69. The van der Waals surface area contributed by atoms with E-state index < -0.39 is 0 Å². The predicted octanol–water partition coefficient (Wildman–Crippen LogP) is 4.18. The zero-order valence-corrected chi connectivity index (χ0v) is 10.7. The summed E-state index contributed by atoms with van der Waals surface area (Å²) in [6.07, 6.45) is 5.56. The molecule has 86 valence electrons. The average Bonchev–Trinajstić information content (AvgIpc) is 2.28. The minimum Gasteiger partial charge on any atom is -0.399 e. The number of hydrogen-bond acceptors (Lipinski definition) is 1. The molecule has 0 bridgehead atoms. The summed E-state index contributed by atoms with van der Waals surface area (Å²) in [5.41, 5.74) is 8.57. The zero-order chi connectivity index (χ0) is 12.6. The fourth-order valence-corrected chi connectivity index (χ4v) is 2.31. The van der Waals surface area contributed by atoms with E-state index in [2.05, 4.69) is 19.8 Å². The number of nitrogen functional groups attached to an aromatic ring is 1. The van der Waals surface area contributed by atoms with Gasteiger partial charge in [0.2, 0.25) is 0 Å². The summed E-state index contributed by atoms with van der Waals surface area (Å²) >= 11 is 6.15. The normalized spacial score (nSPS) is 10.8. The SMILES string of the molecule is C#Cc1c(Cl)ccc2cc(N)cc(C(C)C)c12. The number of nitrogens with two attached hydrogens (primary N) is 1. The Labute approximate surface area is 107 Å². The zero-order valence-electron chi connectivity index (χ0n) is 9.92. The fourth-order valence-electron chi connectivity index (χ4n) is 2.09. The summed E-state index contributed by atoms with van der Waals surface area (Å²) in [5.74, 6) is 3.03. The molecule has 0 saturated carbocycles. The van der Waals surface area contributed by atoms with E-state index in [0.29, 0.717) is 10.9 Å². The molecule has 0 fully saturated rings. The number of hydrogen-bond donors (Lipinski definition) is 1. The average molecular weight is 244 g/mol. The second kappa shape index (κ2) is 4.31. The maximum absolute atomic E-state index is 6.15. The molecule has 0 unspecified atom stereocenters. The Bertz CT molecular complexity index is 621. The first kappa shape index (κ1) is 11.8. The van der Waals surface area contributed by atoms with Crippen molar-refractivity contribution in [2.45, 2.75) is 19.8 Å². The second-order valence-electron chi connectivity index (χ2n) is 4.43. The Balaban J connectivity index is 2.98. The van der Waals surface area contributed by atoms with Crippen LogP contribution in [-0.4, -0.2) is 0 Å². The predicted molar refractivity (Wildman–Crippen MR) is 75.4 cm³/mol. The van der Waals surface area contributed by atoms with Gasteiger partial charge in [-0.1, -0.05) is 37.4 Å². The largest absolute Gasteiger partial charge is 0.399 e. The molecule has 1 nitrogen and oxygen atoms in total. The van der Waals surface area contributed by atoms with Crippen LogP contribution in [0.15, 0.2) is 24.3 Å².